The number of fused-ring (bicyclic) bond motifs is 2. The minimum Gasteiger partial charge on any atom is -0.361 e. The Morgan fingerprint density at radius 1 is 0.786 bits per heavy atom. The number of carbonyl (C=O) groups is 2. The maximum Gasteiger partial charge on any atom is 0.267 e. The van der Waals surface area contributed by atoms with Crippen LogP contribution in [-0.4, -0.2) is 109 Å². The molecule has 2 aromatic carbocycles. The molecule has 0 spiro atoms. The summed E-state index contributed by atoms with van der Waals surface area (Å²) in [6.07, 6.45) is 6.64. The molecule has 0 radical (unpaired) electrons. The lowest BCUT2D eigenvalue weighted by Gasteiger charge is -2.32. The molecule has 42 heavy (non-hydrogen) atoms. The van der Waals surface area contributed by atoms with Gasteiger partial charge in [0.25, 0.3) is 11.8 Å². The first-order valence-electron chi connectivity index (χ1n) is 15.5. The Morgan fingerprint density at radius 2 is 1.55 bits per heavy atom. The van der Waals surface area contributed by atoms with E-state index in [1.54, 1.807) is 0 Å². The van der Waals surface area contributed by atoms with Crippen LogP contribution in [-0.2, 0) is 0 Å². The molecule has 2 aliphatic rings. The quantitative estimate of drug-likeness (QED) is 0.217. The summed E-state index contributed by atoms with van der Waals surface area (Å²) in [4.78, 5) is 40.7. The number of para-hydroxylation sites is 1. The molecule has 0 aliphatic carbocycles. The smallest absolute Gasteiger partial charge is 0.267 e. The maximum absolute atomic E-state index is 13.6. The van der Waals surface area contributed by atoms with Gasteiger partial charge in [0.2, 0.25) is 0 Å². The van der Waals surface area contributed by atoms with Crippen LogP contribution in [0.1, 0.15) is 46.5 Å². The molecular weight excluding hydrogens is 526 g/mol. The number of hydrogen-bond donors (Lipinski definition) is 4. The highest BCUT2D eigenvalue weighted by atomic mass is 16.2. The lowest BCUT2D eigenvalue weighted by atomic mass is 9.95. The topological polar surface area (TPSA) is 99.5 Å². The molecule has 2 fully saturated rings. The highest BCUT2D eigenvalue weighted by Crippen LogP contribution is 2.37. The molecule has 4 aromatic rings. The van der Waals surface area contributed by atoms with Gasteiger partial charge in [-0.25, -0.2) is 0 Å². The van der Waals surface area contributed by atoms with E-state index in [4.69, 9.17) is 0 Å². The van der Waals surface area contributed by atoms with E-state index in [9.17, 15) is 9.59 Å². The first-order chi connectivity index (χ1) is 20.6. The Hall–Kier alpha value is -3.66. The van der Waals surface area contributed by atoms with Gasteiger partial charge in [0.15, 0.2) is 0 Å². The highest BCUT2D eigenvalue weighted by molar-refractivity contribution is 6.14. The van der Waals surface area contributed by atoms with Crippen molar-refractivity contribution >= 4 is 33.6 Å². The molecule has 0 atom stereocenters. The largest absolute Gasteiger partial charge is 0.361 e. The van der Waals surface area contributed by atoms with Crippen molar-refractivity contribution < 1.29 is 9.59 Å². The SMILES string of the molecule is CN1CCN(CCCNC(=O)c2ccc3[nH]c(C(=O)NCCN4CCCCC4)cc3c2-c2c[nH]c3ccccc23)CC1. The number of amides is 2. The summed E-state index contributed by atoms with van der Waals surface area (Å²) in [7, 11) is 2.16. The lowest BCUT2D eigenvalue weighted by Crippen LogP contribution is -2.45. The van der Waals surface area contributed by atoms with Gasteiger partial charge in [0.1, 0.15) is 5.69 Å². The van der Waals surface area contributed by atoms with Gasteiger partial charge in [0.05, 0.1) is 0 Å². The van der Waals surface area contributed by atoms with E-state index in [2.05, 4.69) is 48.4 Å². The number of likely N-dealkylation sites (tertiary alicyclic amines) is 1. The normalized spacial score (nSPS) is 17.2. The number of hydrogen-bond acceptors (Lipinski definition) is 5. The van der Waals surface area contributed by atoms with Crippen LogP contribution in [0.15, 0.2) is 48.7 Å². The van der Waals surface area contributed by atoms with E-state index < -0.39 is 0 Å². The molecule has 2 aromatic heterocycles. The number of aromatic amines is 2. The fraction of sp³-hybridized carbons (Fsp3) is 0.455. The number of piperidine rings is 1. The molecule has 0 bridgehead atoms. The Morgan fingerprint density at radius 3 is 2.38 bits per heavy atom. The molecule has 4 N–H and O–H groups in total. The Balaban J connectivity index is 1.21. The maximum atomic E-state index is 13.6. The first-order valence-corrected chi connectivity index (χ1v) is 15.5. The molecule has 0 saturated carbocycles. The summed E-state index contributed by atoms with van der Waals surface area (Å²) in [6, 6.07) is 13.8. The van der Waals surface area contributed by atoms with Crippen LogP contribution in [0.3, 0.4) is 0 Å². The third kappa shape index (κ3) is 6.38. The number of aromatic nitrogens is 2. The summed E-state index contributed by atoms with van der Waals surface area (Å²) in [5.74, 6) is -0.215. The van der Waals surface area contributed by atoms with Crippen molar-refractivity contribution in [2.75, 3.05) is 72.5 Å². The molecule has 9 heteroatoms. The zero-order chi connectivity index (χ0) is 28.9. The predicted molar refractivity (Wildman–Crippen MR) is 169 cm³/mol. The molecule has 4 heterocycles. The minimum absolute atomic E-state index is 0.0932. The number of benzene rings is 2. The van der Waals surface area contributed by atoms with Crippen molar-refractivity contribution in [2.24, 2.45) is 0 Å². The van der Waals surface area contributed by atoms with Crippen LogP contribution >= 0.6 is 0 Å². The Labute approximate surface area is 247 Å². The second kappa shape index (κ2) is 13.1. The fourth-order valence-electron chi connectivity index (χ4n) is 6.36. The average molecular weight is 570 g/mol. The van der Waals surface area contributed by atoms with Gasteiger partial charge in [-0.1, -0.05) is 24.6 Å². The molecule has 222 valence electrons. The average Bonchev–Trinajstić information content (AvgIpc) is 3.65. The number of piperazine rings is 1. The summed E-state index contributed by atoms with van der Waals surface area (Å²) >= 11 is 0. The number of rotatable bonds is 10. The molecule has 6 rings (SSSR count). The number of nitrogens with zero attached hydrogens (tertiary/aromatic N) is 3. The predicted octanol–water partition coefficient (Wildman–Crippen LogP) is 3.90. The van der Waals surface area contributed by atoms with Crippen LogP contribution in [0.5, 0.6) is 0 Å². The van der Waals surface area contributed by atoms with E-state index in [-0.39, 0.29) is 11.8 Å². The molecule has 2 saturated heterocycles. The fourth-order valence-corrected chi connectivity index (χ4v) is 6.36. The zero-order valence-corrected chi connectivity index (χ0v) is 24.7. The van der Waals surface area contributed by atoms with E-state index in [0.29, 0.717) is 24.3 Å². The van der Waals surface area contributed by atoms with Crippen LogP contribution in [0.4, 0.5) is 0 Å². The molecule has 9 nitrogen and oxygen atoms in total. The van der Waals surface area contributed by atoms with Crippen molar-refractivity contribution in [2.45, 2.75) is 25.7 Å². The summed E-state index contributed by atoms with van der Waals surface area (Å²) in [5, 5.41) is 8.17. The number of likely N-dealkylation sites (N-methyl/N-ethyl adjacent to an activating group) is 1. The standard InChI is InChI=1S/C33H43N7O2/c1-38-18-20-40(21-19-38)16-7-12-34-32(41)25-10-11-29-26(31(25)27-23-36-28-9-4-3-8-24(27)28)22-30(37-29)33(42)35-13-17-39-14-5-2-6-15-39/h3-4,8-11,22-23,36-37H,2,5-7,12-21H2,1H3,(H,34,41)(H,35,42). The molecule has 2 amide bonds. The van der Waals surface area contributed by atoms with Crippen molar-refractivity contribution in [3.05, 3.63) is 59.9 Å². The van der Waals surface area contributed by atoms with Crippen molar-refractivity contribution in [1.82, 2.24) is 35.3 Å². The van der Waals surface area contributed by atoms with Gasteiger partial charge in [-0.15, -0.1) is 0 Å². The van der Waals surface area contributed by atoms with Crippen molar-refractivity contribution in [3.63, 3.8) is 0 Å². The van der Waals surface area contributed by atoms with Gasteiger partial charge in [-0.05, 0) is 70.2 Å². The molecule has 2 aliphatic heterocycles. The second-order valence-corrected chi connectivity index (χ2v) is 11.8. The highest BCUT2D eigenvalue weighted by Gasteiger charge is 2.22. The Bertz CT molecular complexity index is 1530. The van der Waals surface area contributed by atoms with Gasteiger partial charge in [0, 0.05) is 90.5 Å². The van der Waals surface area contributed by atoms with Gasteiger partial charge < -0.3 is 35.3 Å². The third-order valence-electron chi connectivity index (χ3n) is 8.85. The van der Waals surface area contributed by atoms with E-state index in [1.807, 2.05) is 42.6 Å². The zero-order valence-electron chi connectivity index (χ0n) is 24.7. The summed E-state index contributed by atoms with van der Waals surface area (Å²) in [6.45, 7) is 9.64. The summed E-state index contributed by atoms with van der Waals surface area (Å²) in [5.41, 5.74) is 4.76. The van der Waals surface area contributed by atoms with Crippen molar-refractivity contribution in [1.29, 1.82) is 0 Å². The minimum atomic E-state index is -0.122. The number of nitrogens with one attached hydrogen (secondary N) is 4. The summed E-state index contributed by atoms with van der Waals surface area (Å²) < 4.78 is 0. The number of H-pyrrole nitrogens is 2. The van der Waals surface area contributed by atoms with Gasteiger partial charge in [-0.3, -0.25) is 9.59 Å². The first kappa shape index (κ1) is 28.5. The van der Waals surface area contributed by atoms with Crippen molar-refractivity contribution in [3.8, 4) is 11.1 Å². The van der Waals surface area contributed by atoms with Crippen LogP contribution in [0.25, 0.3) is 32.9 Å². The van der Waals surface area contributed by atoms with Crippen LogP contribution < -0.4 is 10.6 Å². The molecule has 0 unspecified atom stereocenters. The van der Waals surface area contributed by atoms with Crippen LogP contribution in [0.2, 0.25) is 0 Å². The molecular formula is C33H43N7O2. The third-order valence-corrected chi connectivity index (χ3v) is 8.85. The van der Waals surface area contributed by atoms with Gasteiger partial charge >= 0.3 is 0 Å². The monoisotopic (exact) mass is 569 g/mol. The number of carbonyl (C=O) groups excluding carboxylic acids is 2. The Kier molecular flexibility index (Phi) is 8.88. The van der Waals surface area contributed by atoms with E-state index >= 15 is 0 Å². The van der Waals surface area contributed by atoms with E-state index in [0.717, 1.165) is 91.7 Å². The lowest BCUT2D eigenvalue weighted by molar-refractivity contribution is 0.0937. The van der Waals surface area contributed by atoms with Gasteiger partial charge in [-0.2, -0.15) is 0 Å². The van der Waals surface area contributed by atoms with E-state index in [1.165, 1.54) is 19.3 Å². The van der Waals surface area contributed by atoms with Crippen LogP contribution in [0, 0.1) is 0 Å². The second-order valence-electron chi connectivity index (χ2n) is 11.8.